The van der Waals surface area contributed by atoms with Crippen LogP contribution in [-0.4, -0.2) is 86.7 Å². The topological polar surface area (TPSA) is 132 Å². The number of nitrogens with zero attached hydrogens (tertiary/aromatic N) is 3. The van der Waals surface area contributed by atoms with Crippen LogP contribution in [0.25, 0.3) is 0 Å². The van der Waals surface area contributed by atoms with E-state index in [4.69, 9.17) is 4.74 Å². The molecule has 2 aromatic carbocycles. The number of sulfonamides is 1. The Balaban J connectivity index is 1.34. The maximum absolute atomic E-state index is 13.8. The van der Waals surface area contributed by atoms with Crippen molar-refractivity contribution in [2.75, 3.05) is 62.9 Å². The third-order valence-corrected chi connectivity index (χ3v) is 9.38. The van der Waals surface area contributed by atoms with Gasteiger partial charge in [0, 0.05) is 74.0 Å². The summed E-state index contributed by atoms with van der Waals surface area (Å²) in [5.41, 5.74) is 3.15. The van der Waals surface area contributed by atoms with Crippen LogP contribution >= 0.6 is 0 Å². The minimum atomic E-state index is -4.20. The number of hydrogen-bond donors (Lipinski definition) is 4. The Morgan fingerprint density at radius 2 is 1.88 bits per heavy atom. The van der Waals surface area contributed by atoms with Gasteiger partial charge in [-0.15, -0.1) is 0 Å². The van der Waals surface area contributed by atoms with Gasteiger partial charge in [-0.3, -0.25) is 9.89 Å². The van der Waals surface area contributed by atoms with Crippen LogP contribution in [-0.2, 0) is 27.7 Å². The molecule has 0 saturated carbocycles. The van der Waals surface area contributed by atoms with Crippen molar-refractivity contribution in [2.24, 2.45) is 0 Å². The second-order valence-electron chi connectivity index (χ2n) is 11.1. The van der Waals surface area contributed by atoms with Crippen LogP contribution in [0.3, 0.4) is 0 Å². The van der Waals surface area contributed by atoms with Crippen molar-refractivity contribution >= 4 is 33.1 Å². The standard InChI is InChI=1S/C29H37F2N7O4S/c1-37(2)10-3-9-32-22-4-5-24(27(17-22)33-21-7-12-42-13-8-21)29(39)34-28-25-18-38(11-6-26(25)35-36-28)43(40,41)23-15-19(30)14-20(31)16-23/h4-5,14-17,21,32-33H,3,6-13,18H2,1-2H3,(H2,34,35,36,39). The van der Waals surface area contributed by atoms with Crippen molar-refractivity contribution in [3.8, 4) is 0 Å². The number of carbonyl (C=O) groups excluding carboxylic acids is 1. The van der Waals surface area contributed by atoms with Crippen molar-refractivity contribution in [2.45, 2.75) is 43.2 Å². The summed E-state index contributed by atoms with van der Waals surface area (Å²) in [5.74, 6) is -2.16. The number of ether oxygens (including phenoxy) is 1. The molecule has 3 heterocycles. The molecular formula is C29H37F2N7O4S. The van der Waals surface area contributed by atoms with Crippen molar-refractivity contribution in [1.29, 1.82) is 0 Å². The molecule has 0 bridgehead atoms. The van der Waals surface area contributed by atoms with Crippen molar-refractivity contribution in [3.05, 3.63) is 64.9 Å². The molecule has 14 heteroatoms. The van der Waals surface area contributed by atoms with Crippen molar-refractivity contribution in [1.82, 2.24) is 19.4 Å². The predicted molar refractivity (Wildman–Crippen MR) is 160 cm³/mol. The van der Waals surface area contributed by atoms with E-state index in [2.05, 4.69) is 31.0 Å². The number of anilines is 3. The lowest BCUT2D eigenvalue weighted by molar-refractivity contribution is 0.0904. The fraction of sp³-hybridized carbons (Fsp3) is 0.448. The minimum absolute atomic E-state index is 0.0885. The second kappa shape index (κ2) is 13.4. The molecule has 0 aliphatic carbocycles. The number of hydrogen-bond acceptors (Lipinski definition) is 8. The van der Waals surface area contributed by atoms with Crippen LogP contribution in [0.5, 0.6) is 0 Å². The van der Waals surface area contributed by atoms with Crippen LogP contribution < -0.4 is 16.0 Å². The molecule has 43 heavy (non-hydrogen) atoms. The number of fused-ring (bicyclic) bond motifs is 1. The zero-order valence-corrected chi connectivity index (χ0v) is 25.1. The molecule has 1 amide bonds. The maximum atomic E-state index is 13.8. The molecule has 232 valence electrons. The van der Waals surface area contributed by atoms with Gasteiger partial charge in [0.25, 0.3) is 5.91 Å². The second-order valence-corrected chi connectivity index (χ2v) is 13.0. The number of aromatic nitrogens is 2. The summed E-state index contributed by atoms with van der Waals surface area (Å²) < 4.78 is 60.6. The van der Waals surface area contributed by atoms with E-state index in [1.54, 1.807) is 6.07 Å². The maximum Gasteiger partial charge on any atom is 0.258 e. The van der Waals surface area contributed by atoms with E-state index >= 15 is 0 Å². The number of H-pyrrole nitrogens is 1. The van der Waals surface area contributed by atoms with E-state index in [1.165, 1.54) is 0 Å². The van der Waals surface area contributed by atoms with Gasteiger partial charge in [0.05, 0.1) is 10.5 Å². The number of carbonyl (C=O) groups is 1. The Kier molecular flexibility index (Phi) is 9.59. The molecule has 0 spiro atoms. The third kappa shape index (κ3) is 7.50. The monoisotopic (exact) mass is 617 g/mol. The van der Waals surface area contributed by atoms with E-state index in [0.29, 0.717) is 48.2 Å². The molecule has 1 aromatic heterocycles. The number of benzene rings is 2. The lowest BCUT2D eigenvalue weighted by atomic mass is 10.1. The van der Waals surface area contributed by atoms with E-state index in [1.807, 2.05) is 26.2 Å². The smallest absolute Gasteiger partial charge is 0.258 e. The highest BCUT2D eigenvalue weighted by atomic mass is 32.2. The van der Waals surface area contributed by atoms with Gasteiger partial charge in [-0.1, -0.05) is 0 Å². The van der Waals surface area contributed by atoms with Gasteiger partial charge < -0.3 is 25.6 Å². The molecule has 4 N–H and O–H groups in total. The van der Waals surface area contributed by atoms with Crippen molar-refractivity contribution in [3.63, 3.8) is 0 Å². The molecular weight excluding hydrogens is 580 g/mol. The Hall–Kier alpha value is -3.59. The minimum Gasteiger partial charge on any atom is -0.385 e. The summed E-state index contributed by atoms with van der Waals surface area (Å²) in [6.45, 7) is 2.98. The summed E-state index contributed by atoms with van der Waals surface area (Å²) >= 11 is 0. The predicted octanol–water partition coefficient (Wildman–Crippen LogP) is 3.64. The van der Waals surface area contributed by atoms with E-state index in [9.17, 15) is 22.0 Å². The molecule has 5 rings (SSSR count). The average Bonchev–Trinajstić information content (AvgIpc) is 3.37. The molecule has 1 saturated heterocycles. The molecule has 1 fully saturated rings. The van der Waals surface area contributed by atoms with Crippen LogP contribution in [0.15, 0.2) is 41.3 Å². The largest absolute Gasteiger partial charge is 0.385 e. The molecule has 0 radical (unpaired) electrons. The number of nitrogens with one attached hydrogen (secondary N) is 4. The van der Waals surface area contributed by atoms with Crippen LogP contribution in [0.1, 0.15) is 40.9 Å². The molecule has 2 aliphatic rings. The Bertz CT molecular complexity index is 1540. The lowest BCUT2D eigenvalue weighted by Gasteiger charge is -2.27. The molecule has 2 aliphatic heterocycles. The molecule has 11 nitrogen and oxygen atoms in total. The van der Waals surface area contributed by atoms with Crippen LogP contribution in [0.2, 0.25) is 0 Å². The quantitative estimate of drug-likeness (QED) is 0.240. The first-order valence-corrected chi connectivity index (χ1v) is 15.7. The third-order valence-electron chi connectivity index (χ3n) is 7.56. The van der Waals surface area contributed by atoms with Crippen LogP contribution in [0, 0.1) is 11.6 Å². The van der Waals surface area contributed by atoms with Gasteiger partial charge in [-0.2, -0.15) is 9.40 Å². The van der Waals surface area contributed by atoms with Gasteiger partial charge in [-0.25, -0.2) is 17.2 Å². The summed E-state index contributed by atoms with van der Waals surface area (Å²) in [7, 11) is -0.139. The summed E-state index contributed by atoms with van der Waals surface area (Å²) in [6.07, 6.45) is 2.88. The Labute approximate surface area is 250 Å². The first kappa shape index (κ1) is 30.9. The number of halogens is 2. The van der Waals surface area contributed by atoms with E-state index < -0.39 is 32.5 Å². The Morgan fingerprint density at radius 3 is 2.60 bits per heavy atom. The van der Waals surface area contributed by atoms with E-state index in [-0.39, 0.29) is 24.9 Å². The van der Waals surface area contributed by atoms with Crippen molar-refractivity contribution < 1.29 is 26.7 Å². The number of aromatic amines is 1. The van der Waals surface area contributed by atoms with E-state index in [0.717, 1.165) is 54.5 Å². The van der Waals surface area contributed by atoms with Gasteiger partial charge in [0.1, 0.15) is 11.6 Å². The fourth-order valence-corrected chi connectivity index (χ4v) is 6.69. The normalized spacial score (nSPS) is 16.2. The SMILES string of the molecule is CN(C)CCCNc1ccc(C(=O)Nc2n[nH]c3c2CN(S(=O)(=O)c2cc(F)cc(F)c2)CC3)c(NC2CCOCC2)c1. The highest BCUT2D eigenvalue weighted by molar-refractivity contribution is 7.89. The Morgan fingerprint density at radius 1 is 1.14 bits per heavy atom. The highest BCUT2D eigenvalue weighted by Gasteiger charge is 2.32. The average molecular weight is 618 g/mol. The van der Waals surface area contributed by atoms with Gasteiger partial charge >= 0.3 is 0 Å². The summed E-state index contributed by atoms with van der Waals surface area (Å²) in [4.78, 5) is 15.3. The first-order valence-electron chi connectivity index (χ1n) is 14.3. The number of rotatable bonds is 11. The van der Waals surface area contributed by atoms with Gasteiger partial charge in [0.2, 0.25) is 10.0 Å². The lowest BCUT2D eigenvalue weighted by Crippen LogP contribution is -2.36. The highest BCUT2D eigenvalue weighted by Crippen LogP contribution is 2.30. The first-order chi connectivity index (χ1) is 20.6. The zero-order chi connectivity index (χ0) is 30.6. The molecule has 0 atom stereocenters. The summed E-state index contributed by atoms with van der Waals surface area (Å²) in [5, 5.41) is 16.9. The fourth-order valence-electron chi connectivity index (χ4n) is 5.24. The molecule has 3 aromatic rings. The summed E-state index contributed by atoms with van der Waals surface area (Å²) in [6, 6.07) is 7.88. The molecule has 0 unspecified atom stereocenters. The van der Waals surface area contributed by atoms with Gasteiger partial charge in [0.15, 0.2) is 5.82 Å². The van der Waals surface area contributed by atoms with Gasteiger partial charge in [-0.05, 0) is 70.2 Å². The zero-order valence-electron chi connectivity index (χ0n) is 24.3. The number of amides is 1. The van der Waals surface area contributed by atoms with Crippen LogP contribution in [0.4, 0.5) is 26.0 Å².